The van der Waals surface area contributed by atoms with Crippen LogP contribution in [-0.4, -0.2) is 12.7 Å². The van der Waals surface area contributed by atoms with Crippen LogP contribution < -0.4 is 11.3 Å². The van der Waals surface area contributed by atoms with Crippen molar-refractivity contribution in [2.45, 2.75) is 31.9 Å². The number of nitrogens with one attached hydrogen (secondary N) is 1. The van der Waals surface area contributed by atoms with E-state index in [4.69, 9.17) is 10.6 Å². The summed E-state index contributed by atoms with van der Waals surface area (Å²) in [5.41, 5.74) is 3.87. The van der Waals surface area contributed by atoms with Gasteiger partial charge in [-0.3, -0.25) is 11.3 Å². The number of hydrazine groups is 1. The lowest BCUT2D eigenvalue weighted by atomic mass is 9.93. The lowest BCUT2D eigenvalue weighted by Crippen LogP contribution is -2.35. The summed E-state index contributed by atoms with van der Waals surface area (Å²) in [5, 5.41) is 2.48. The second-order valence-electron chi connectivity index (χ2n) is 5.49. The molecular weight excluding hydrogens is 236 g/mol. The van der Waals surface area contributed by atoms with Crippen molar-refractivity contribution in [3.8, 4) is 0 Å². The van der Waals surface area contributed by atoms with E-state index in [1.807, 2.05) is 0 Å². The number of fused-ring (bicyclic) bond motifs is 1. The molecule has 2 rings (SSSR count). The van der Waals surface area contributed by atoms with Crippen molar-refractivity contribution < 1.29 is 4.74 Å². The van der Waals surface area contributed by atoms with Crippen molar-refractivity contribution in [3.05, 3.63) is 48.0 Å². The van der Waals surface area contributed by atoms with Gasteiger partial charge in [-0.05, 0) is 42.7 Å². The van der Waals surface area contributed by atoms with Gasteiger partial charge in [0.05, 0.1) is 5.60 Å². The van der Waals surface area contributed by atoms with Crippen molar-refractivity contribution in [1.82, 2.24) is 5.43 Å². The second-order valence-corrected chi connectivity index (χ2v) is 5.49. The summed E-state index contributed by atoms with van der Waals surface area (Å²) < 4.78 is 5.48. The molecule has 0 heterocycles. The first kappa shape index (κ1) is 14.0. The smallest absolute Gasteiger partial charge is 0.0641 e. The van der Waals surface area contributed by atoms with Crippen LogP contribution in [-0.2, 0) is 4.74 Å². The lowest BCUT2D eigenvalue weighted by molar-refractivity contribution is 0.00682. The molecule has 102 valence electrons. The molecule has 0 amide bonds. The maximum absolute atomic E-state index is 5.71. The predicted octanol–water partition coefficient (Wildman–Crippen LogP) is 3.16. The normalized spacial score (nSPS) is 13.7. The summed E-state index contributed by atoms with van der Waals surface area (Å²) in [6.07, 6.45) is 0.818. The van der Waals surface area contributed by atoms with E-state index >= 15 is 0 Å². The highest BCUT2D eigenvalue weighted by Crippen LogP contribution is 2.27. The Bertz CT molecular complexity index is 551. The van der Waals surface area contributed by atoms with Crippen LogP contribution >= 0.6 is 0 Å². The zero-order valence-electron chi connectivity index (χ0n) is 11.8. The Kier molecular flexibility index (Phi) is 4.20. The van der Waals surface area contributed by atoms with Crippen LogP contribution in [0.3, 0.4) is 0 Å². The first-order valence-corrected chi connectivity index (χ1v) is 6.56. The van der Waals surface area contributed by atoms with E-state index in [9.17, 15) is 0 Å². The standard InChI is InChI=1S/C16H22N2O/c1-16(2,19-3)11-15(18-17)14-9-8-12-6-4-5-7-13(12)10-14/h4-10,15,18H,11,17H2,1-3H3. The molecule has 1 atom stereocenters. The molecule has 0 fully saturated rings. The van der Waals surface area contributed by atoms with E-state index in [1.165, 1.54) is 16.3 Å². The third-order valence-electron chi connectivity index (χ3n) is 3.63. The third kappa shape index (κ3) is 3.32. The monoisotopic (exact) mass is 258 g/mol. The molecule has 19 heavy (non-hydrogen) atoms. The number of benzene rings is 2. The van der Waals surface area contributed by atoms with Gasteiger partial charge in [-0.25, -0.2) is 0 Å². The molecular formula is C16H22N2O. The van der Waals surface area contributed by atoms with Gasteiger partial charge in [0, 0.05) is 13.2 Å². The van der Waals surface area contributed by atoms with Gasteiger partial charge in [0.2, 0.25) is 0 Å². The number of rotatable bonds is 5. The highest BCUT2D eigenvalue weighted by molar-refractivity contribution is 5.83. The topological polar surface area (TPSA) is 47.3 Å². The summed E-state index contributed by atoms with van der Waals surface area (Å²) in [6, 6.07) is 14.9. The van der Waals surface area contributed by atoms with Crippen molar-refractivity contribution >= 4 is 10.8 Å². The van der Waals surface area contributed by atoms with Gasteiger partial charge in [-0.2, -0.15) is 0 Å². The van der Waals surface area contributed by atoms with Gasteiger partial charge < -0.3 is 4.74 Å². The van der Waals surface area contributed by atoms with E-state index in [0.717, 1.165) is 6.42 Å². The number of nitrogens with two attached hydrogens (primary N) is 1. The van der Waals surface area contributed by atoms with Crippen LogP contribution in [0.15, 0.2) is 42.5 Å². The van der Waals surface area contributed by atoms with Crippen LogP contribution in [0.4, 0.5) is 0 Å². The average Bonchev–Trinajstić information content (AvgIpc) is 2.44. The van der Waals surface area contributed by atoms with Crippen molar-refractivity contribution in [1.29, 1.82) is 0 Å². The van der Waals surface area contributed by atoms with E-state index in [1.54, 1.807) is 7.11 Å². The Morgan fingerprint density at radius 1 is 1.16 bits per heavy atom. The molecule has 0 saturated heterocycles. The van der Waals surface area contributed by atoms with Crippen LogP contribution in [0.5, 0.6) is 0 Å². The number of methoxy groups -OCH3 is 1. The minimum atomic E-state index is -0.206. The zero-order valence-corrected chi connectivity index (χ0v) is 11.8. The highest BCUT2D eigenvalue weighted by Gasteiger charge is 2.23. The maximum Gasteiger partial charge on any atom is 0.0641 e. The molecule has 3 heteroatoms. The molecule has 0 aromatic heterocycles. The molecule has 3 nitrogen and oxygen atoms in total. The summed E-state index contributed by atoms with van der Waals surface area (Å²) in [6.45, 7) is 4.14. The van der Waals surface area contributed by atoms with E-state index in [2.05, 4.69) is 61.7 Å². The zero-order chi connectivity index (χ0) is 13.9. The first-order chi connectivity index (χ1) is 9.05. The van der Waals surface area contributed by atoms with Gasteiger partial charge in [0.15, 0.2) is 0 Å². The summed E-state index contributed by atoms with van der Waals surface area (Å²) >= 11 is 0. The lowest BCUT2D eigenvalue weighted by Gasteiger charge is -2.28. The Labute approximate surface area is 114 Å². The number of hydrogen-bond donors (Lipinski definition) is 2. The van der Waals surface area contributed by atoms with Crippen molar-refractivity contribution in [3.63, 3.8) is 0 Å². The van der Waals surface area contributed by atoms with Gasteiger partial charge in [0.25, 0.3) is 0 Å². The molecule has 2 aromatic rings. The van der Waals surface area contributed by atoms with Crippen molar-refractivity contribution in [2.24, 2.45) is 5.84 Å². The van der Waals surface area contributed by atoms with E-state index in [0.29, 0.717) is 0 Å². The summed E-state index contributed by atoms with van der Waals surface area (Å²) in [4.78, 5) is 0. The van der Waals surface area contributed by atoms with Crippen molar-refractivity contribution in [2.75, 3.05) is 7.11 Å². The highest BCUT2D eigenvalue weighted by atomic mass is 16.5. The van der Waals surface area contributed by atoms with Crippen LogP contribution in [0.1, 0.15) is 31.9 Å². The largest absolute Gasteiger partial charge is 0.379 e. The predicted molar refractivity (Wildman–Crippen MR) is 79.7 cm³/mol. The fraction of sp³-hybridized carbons (Fsp3) is 0.375. The van der Waals surface area contributed by atoms with Gasteiger partial charge in [-0.1, -0.05) is 36.4 Å². The van der Waals surface area contributed by atoms with Gasteiger partial charge in [-0.15, -0.1) is 0 Å². The van der Waals surface area contributed by atoms with Crippen LogP contribution in [0.25, 0.3) is 10.8 Å². The molecule has 0 saturated carbocycles. The van der Waals surface area contributed by atoms with Crippen LogP contribution in [0, 0.1) is 0 Å². The Morgan fingerprint density at radius 2 is 1.84 bits per heavy atom. The number of ether oxygens (including phenoxy) is 1. The molecule has 0 radical (unpaired) electrons. The SMILES string of the molecule is COC(C)(C)CC(NN)c1ccc2ccccc2c1. The van der Waals surface area contributed by atoms with Gasteiger partial charge >= 0.3 is 0 Å². The third-order valence-corrected chi connectivity index (χ3v) is 3.63. The molecule has 1 unspecified atom stereocenters. The molecule has 0 aliphatic heterocycles. The molecule has 3 N–H and O–H groups in total. The molecule has 0 bridgehead atoms. The minimum Gasteiger partial charge on any atom is -0.379 e. The first-order valence-electron chi connectivity index (χ1n) is 6.56. The molecule has 0 aliphatic carbocycles. The summed E-state index contributed by atoms with van der Waals surface area (Å²) in [5.74, 6) is 5.71. The molecule has 0 aliphatic rings. The van der Waals surface area contributed by atoms with Crippen LogP contribution in [0.2, 0.25) is 0 Å². The average molecular weight is 258 g/mol. The Morgan fingerprint density at radius 3 is 2.47 bits per heavy atom. The van der Waals surface area contributed by atoms with Gasteiger partial charge in [0.1, 0.15) is 0 Å². The van der Waals surface area contributed by atoms with E-state index in [-0.39, 0.29) is 11.6 Å². The van der Waals surface area contributed by atoms with E-state index < -0.39 is 0 Å². The minimum absolute atomic E-state index is 0.0829. The molecule has 0 spiro atoms. The number of hydrogen-bond acceptors (Lipinski definition) is 3. The fourth-order valence-corrected chi connectivity index (χ4v) is 2.27. The maximum atomic E-state index is 5.71. The quantitative estimate of drug-likeness (QED) is 0.639. The Hall–Kier alpha value is -1.42. The fourth-order valence-electron chi connectivity index (χ4n) is 2.27. The molecule has 2 aromatic carbocycles. The Balaban J connectivity index is 2.30. The summed E-state index contributed by atoms with van der Waals surface area (Å²) in [7, 11) is 1.73. The second kappa shape index (κ2) is 5.70.